The second kappa shape index (κ2) is 7.06. The third kappa shape index (κ3) is 3.52. The Morgan fingerprint density at radius 1 is 1.08 bits per heavy atom. The maximum atomic E-state index is 12.8. The van der Waals surface area contributed by atoms with Crippen molar-refractivity contribution >= 4 is 32.5 Å². The summed E-state index contributed by atoms with van der Waals surface area (Å²) < 4.78 is 28.3. The average Bonchev–Trinajstić information content (AvgIpc) is 2.83. The summed E-state index contributed by atoms with van der Waals surface area (Å²) in [7, 11) is -3.55. The summed E-state index contributed by atoms with van der Waals surface area (Å²) in [5.41, 5.74) is 5.59. The minimum Gasteiger partial charge on any atom is -0.357 e. The van der Waals surface area contributed by atoms with Crippen LogP contribution < -0.4 is 4.72 Å². The van der Waals surface area contributed by atoms with Crippen LogP contribution in [0.15, 0.2) is 35.2 Å². The SMILES string of the molecule is Cc1cc(C)c(S(=O)(=O)NCCc2c(C)[nH]c3c(Cl)cccc23)c(C)c1. The molecule has 0 unspecified atom stereocenters. The zero-order valence-corrected chi connectivity index (χ0v) is 17.0. The molecule has 2 N–H and O–H groups in total. The van der Waals surface area contributed by atoms with Crippen LogP contribution in [-0.2, 0) is 16.4 Å². The lowest BCUT2D eigenvalue weighted by atomic mass is 10.1. The Labute approximate surface area is 159 Å². The fourth-order valence-electron chi connectivity index (χ4n) is 3.66. The molecule has 0 bridgehead atoms. The van der Waals surface area contributed by atoms with Crippen LogP contribution in [0.1, 0.15) is 27.9 Å². The summed E-state index contributed by atoms with van der Waals surface area (Å²) in [5.74, 6) is 0. The molecule has 4 nitrogen and oxygen atoms in total. The number of nitrogens with one attached hydrogen (secondary N) is 2. The molecule has 0 spiro atoms. The molecule has 6 heteroatoms. The van der Waals surface area contributed by atoms with E-state index in [2.05, 4.69) is 9.71 Å². The fraction of sp³-hybridized carbons (Fsp3) is 0.300. The van der Waals surface area contributed by atoms with Gasteiger partial charge in [0.15, 0.2) is 0 Å². The highest BCUT2D eigenvalue weighted by atomic mass is 35.5. The molecule has 0 aliphatic rings. The molecular formula is C20H23ClN2O2S. The molecule has 0 radical (unpaired) electrons. The van der Waals surface area contributed by atoms with Gasteiger partial charge in [-0.1, -0.05) is 41.4 Å². The first-order valence-corrected chi connectivity index (χ1v) is 10.4. The number of para-hydroxylation sites is 1. The molecular weight excluding hydrogens is 368 g/mol. The van der Waals surface area contributed by atoms with Gasteiger partial charge in [0.2, 0.25) is 10.0 Å². The van der Waals surface area contributed by atoms with Crippen LogP contribution in [0.25, 0.3) is 10.9 Å². The van der Waals surface area contributed by atoms with Gasteiger partial charge in [-0.15, -0.1) is 0 Å². The normalized spacial score (nSPS) is 12.0. The Morgan fingerprint density at radius 2 is 1.73 bits per heavy atom. The van der Waals surface area contributed by atoms with Gasteiger partial charge in [0.1, 0.15) is 0 Å². The second-order valence-corrected chi connectivity index (χ2v) is 8.88. The number of benzene rings is 2. The maximum absolute atomic E-state index is 12.8. The van der Waals surface area contributed by atoms with E-state index in [9.17, 15) is 8.42 Å². The van der Waals surface area contributed by atoms with Crippen molar-refractivity contribution in [3.8, 4) is 0 Å². The van der Waals surface area contributed by atoms with Gasteiger partial charge < -0.3 is 4.98 Å². The Bertz CT molecular complexity index is 1060. The van der Waals surface area contributed by atoms with Crippen molar-refractivity contribution in [3.63, 3.8) is 0 Å². The lowest BCUT2D eigenvalue weighted by Crippen LogP contribution is -2.27. The van der Waals surface area contributed by atoms with Crippen LogP contribution in [0.5, 0.6) is 0 Å². The fourth-order valence-corrected chi connectivity index (χ4v) is 5.37. The first kappa shape index (κ1) is 19.0. The van der Waals surface area contributed by atoms with E-state index in [1.165, 1.54) is 0 Å². The van der Waals surface area contributed by atoms with Crippen LogP contribution in [0.4, 0.5) is 0 Å². The molecule has 3 aromatic rings. The molecule has 0 aliphatic heterocycles. The highest BCUT2D eigenvalue weighted by Gasteiger charge is 2.20. The summed E-state index contributed by atoms with van der Waals surface area (Å²) in [6.07, 6.45) is 0.593. The zero-order chi connectivity index (χ0) is 19.1. The van der Waals surface area contributed by atoms with Crippen molar-refractivity contribution in [2.75, 3.05) is 6.54 Å². The lowest BCUT2D eigenvalue weighted by Gasteiger charge is -2.13. The van der Waals surface area contributed by atoms with E-state index in [0.717, 1.165) is 38.9 Å². The monoisotopic (exact) mass is 390 g/mol. The Kier molecular flexibility index (Phi) is 5.15. The van der Waals surface area contributed by atoms with Crippen molar-refractivity contribution < 1.29 is 8.42 Å². The highest BCUT2D eigenvalue weighted by molar-refractivity contribution is 7.89. The van der Waals surface area contributed by atoms with E-state index >= 15 is 0 Å². The minimum atomic E-state index is -3.55. The van der Waals surface area contributed by atoms with E-state index in [1.807, 2.05) is 58.0 Å². The topological polar surface area (TPSA) is 62.0 Å². The molecule has 0 saturated heterocycles. The van der Waals surface area contributed by atoms with Crippen molar-refractivity contribution in [2.24, 2.45) is 0 Å². The number of hydrogen-bond donors (Lipinski definition) is 2. The summed E-state index contributed by atoms with van der Waals surface area (Å²) in [6, 6.07) is 9.55. The Balaban J connectivity index is 1.82. The smallest absolute Gasteiger partial charge is 0.241 e. The maximum Gasteiger partial charge on any atom is 0.241 e. The van der Waals surface area contributed by atoms with Crippen LogP contribution in [0, 0.1) is 27.7 Å². The largest absolute Gasteiger partial charge is 0.357 e. The molecule has 0 saturated carbocycles. The summed E-state index contributed by atoms with van der Waals surface area (Å²) in [6.45, 7) is 7.94. The number of fused-ring (bicyclic) bond motifs is 1. The van der Waals surface area contributed by atoms with Gasteiger partial charge in [-0.3, -0.25) is 0 Å². The molecule has 1 aromatic heterocycles. The molecule has 0 fully saturated rings. The van der Waals surface area contributed by atoms with E-state index in [4.69, 9.17) is 11.6 Å². The van der Waals surface area contributed by atoms with E-state index in [0.29, 0.717) is 22.9 Å². The summed E-state index contributed by atoms with van der Waals surface area (Å²) >= 11 is 6.23. The quantitative estimate of drug-likeness (QED) is 0.670. The second-order valence-electron chi connectivity index (χ2n) is 6.77. The number of hydrogen-bond acceptors (Lipinski definition) is 2. The molecule has 26 heavy (non-hydrogen) atoms. The molecule has 1 heterocycles. The van der Waals surface area contributed by atoms with Gasteiger partial charge in [-0.2, -0.15) is 0 Å². The number of aryl methyl sites for hydroxylation is 4. The van der Waals surface area contributed by atoms with Crippen molar-refractivity contribution in [2.45, 2.75) is 39.0 Å². The van der Waals surface area contributed by atoms with Crippen molar-refractivity contribution in [1.82, 2.24) is 9.71 Å². The van der Waals surface area contributed by atoms with Gasteiger partial charge in [-0.05, 0) is 56.9 Å². The van der Waals surface area contributed by atoms with Crippen LogP contribution >= 0.6 is 11.6 Å². The number of rotatable bonds is 5. The van der Waals surface area contributed by atoms with Crippen LogP contribution in [-0.4, -0.2) is 19.9 Å². The molecule has 0 amide bonds. The first-order valence-electron chi connectivity index (χ1n) is 8.54. The van der Waals surface area contributed by atoms with Gasteiger partial charge in [0, 0.05) is 17.6 Å². The van der Waals surface area contributed by atoms with Crippen molar-refractivity contribution in [3.05, 3.63) is 63.3 Å². The van der Waals surface area contributed by atoms with E-state index in [1.54, 1.807) is 0 Å². The van der Waals surface area contributed by atoms with Gasteiger partial charge in [-0.25, -0.2) is 13.1 Å². The van der Waals surface area contributed by atoms with E-state index in [-0.39, 0.29) is 0 Å². The van der Waals surface area contributed by atoms with Crippen molar-refractivity contribution in [1.29, 1.82) is 0 Å². The average molecular weight is 391 g/mol. The Hall–Kier alpha value is -1.82. The Morgan fingerprint density at radius 3 is 2.38 bits per heavy atom. The van der Waals surface area contributed by atoms with Crippen LogP contribution in [0.2, 0.25) is 5.02 Å². The minimum absolute atomic E-state index is 0.329. The lowest BCUT2D eigenvalue weighted by molar-refractivity contribution is 0.580. The predicted octanol–water partition coefficient (Wildman–Crippen LogP) is 4.58. The zero-order valence-electron chi connectivity index (χ0n) is 15.4. The molecule has 0 aliphatic carbocycles. The number of sulfonamides is 1. The van der Waals surface area contributed by atoms with Gasteiger partial charge in [0.05, 0.1) is 15.4 Å². The molecule has 138 valence electrons. The van der Waals surface area contributed by atoms with E-state index < -0.39 is 10.0 Å². The number of H-pyrrole nitrogens is 1. The highest BCUT2D eigenvalue weighted by Crippen LogP contribution is 2.28. The molecule has 2 aromatic carbocycles. The summed E-state index contributed by atoms with van der Waals surface area (Å²) in [4.78, 5) is 3.67. The third-order valence-corrected chi connectivity index (χ3v) is 6.72. The number of aromatic amines is 1. The third-order valence-electron chi connectivity index (χ3n) is 4.64. The number of halogens is 1. The summed E-state index contributed by atoms with van der Waals surface area (Å²) in [5, 5.41) is 1.71. The van der Waals surface area contributed by atoms with Crippen LogP contribution in [0.3, 0.4) is 0 Å². The van der Waals surface area contributed by atoms with Gasteiger partial charge in [0.25, 0.3) is 0 Å². The molecule has 3 rings (SSSR count). The molecule has 0 atom stereocenters. The number of aromatic nitrogens is 1. The van der Waals surface area contributed by atoms with Gasteiger partial charge >= 0.3 is 0 Å². The first-order chi connectivity index (χ1) is 12.2. The standard InChI is InChI=1S/C20H23ClN2O2S/c1-12-10-13(2)20(14(3)11-12)26(24,25)22-9-8-16-15(4)23-19-17(16)6-5-7-18(19)21/h5-7,10-11,22-23H,8-9H2,1-4H3. The predicted molar refractivity (Wildman–Crippen MR) is 108 cm³/mol.